The van der Waals surface area contributed by atoms with E-state index in [1.54, 1.807) is 12.1 Å². The second-order valence-corrected chi connectivity index (χ2v) is 5.16. The molecule has 1 aliphatic rings. The molecule has 0 aliphatic carbocycles. The number of amides is 1. The monoisotopic (exact) mass is 264 g/mol. The van der Waals surface area contributed by atoms with Crippen molar-refractivity contribution in [1.82, 2.24) is 4.90 Å². The fourth-order valence-corrected chi connectivity index (χ4v) is 2.46. The Hall–Kier alpha value is -1.42. The minimum absolute atomic E-state index is 0.192. The molecule has 0 bridgehead atoms. The van der Waals surface area contributed by atoms with Crippen LogP contribution in [0.2, 0.25) is 0 Å². The maximum atomic E-state index is 12.9. The quantitative estimate of drug-likeness (QED) is 0.912. The summed E-state index contributed by atoms with van der Waals surface area (Å²) in [5.41, 5.74) is 6.98. The molecule has 2 rings (SSSR count). The third kappa shape index (κ3) is 4.03. The van der Waals surface area contributed by atoms with Gasteiger partial charge in [0.1, 0.15) is 5.82 Å². The van der Waals surface area contributed by atoms with Gasteiger partial charge in [0.15, 0.2) is 0 Å². The molecule has 1 aromatic carbocycles. The maximum absolute atomic E-state index is 12.9. The first kappa shape index (κ1) is 14.0. The van der Waals surface area contributed by atoms with Crippen molar-refractivity contribution in [2.24, 2.45) is 5.73 Å². The molecule has 1 aliphatic heterocycles. The third-order valence-corrected chi connectivity index (χ3v) is 3.64. The van der Waals surface area contributed by atoms with Gasteiger partial charge < -0.3 is 10.6 Å². The van der Waals surface area contributed by atoms with Crippen molar-refractivity contribution in [3.63, 3.8) is 0 Å². The van der Waals surface area contributed by atoms with E-state index in [-0.39, 0.29) is 17.8 Å². The van der Waals surface area contributed by atoms with Crippen molar-refractivity contribution < 1.29 is 9.18 Å². The van der Waals surface area contributed by atoms with E-state index in [1.807, 2.05) is 4.90 Å². The summed E-state index contributed by atoms with van der Waals surface area (Å²) in [6.45, 7) is 1.30. The molecule has 19 heavy (non-hydrogen) atoms. The van der Waals surface area contributed by atoms with Gasteiger partial charge in [-0.3, -0.25) is 4.79 Å². The number of nitrogens with two attached hydrogens (primary N) is 1. The first-order valence-corrected chi connectivity index (χ1v) is 6.95. The lowest BCUT2D eigenvalue weighted by Gasteiger charge is -2.27. The Bertz CT molecular complexity index is 419. The molecule has 1 fully saturated rings. The zero-order valence-electron chi connectivity index (χ0n) is 11.1. The summed E-state index contributed by atoms with van der Waals surface area (Å²) in [4.78, 5) is 13.9. The number of rotatable bonds is 3. The van der Waals surface area contributed by atoms with Crippen LogP contribution in [-0.4, -0.2) is 23.9 Å². The highest BCUT2D eigenvalue weighted by Crippen LogP contribution is 2.16. The van der Waals surface area contributed by atoms with Crippen LogP contribution >= 0.6 is 0 Å². The Labute approximate surface area is 113 Å². The van der Waals surface area contributed by atoms with Crippen LogP contribution in [-0.2, 0) is 4.79 Å². The van der Waals surface area contributed by atoms with Crippen LogP contribution in [0.1, 0.15) is 43.7 Å². The predicted molar refractivity (Wildman–Crippen MR) is 73.0 cm³/mol. The summed E-state index contributed by atoms with van der Waals surface area (Å²) in [5, 5.41) is 0. The Morgan fingerprint density at radius 1 is 1.16 bits per heavy atom. The average molecular weight is 264 g/mol. The summed E-state index contributed by atoms with van der Waals surface area (Å²) >= 11 is 0. The highest BCUT2D eigenvalue weighted by Gasteiger charge is 2.18. The highest BCUT2D eigenvalue weighted by molar-refractivity contribution is 5.76. The van der Waals surface area contributed by atoms with Crippen LogP contribution in [0.25, 0.3) is 0 Å². The highest BCUT2D eigenvalue weighted by atomic mass is 19.1. The zero-order valence-corrected chi connectivity index (χ0v) is 11.1. The lowest BCUT2D eigenvalue weighted by molar-refractivity contribution is -0.132. The lowest BCUT2D eigenvalue weighted by atomic mass is 10.0. The van der Waals surface area contributed by atoms with E-state index in [2.05, 4.69) is 0 Å². The number of halogens is 1. The number of benzene rings is 1. The molecule has 0 spiro atoms. The average Bonchev–Trinajstić information content (AvgIpc) is 2.39. The second kappa shape index (κ2) is 6.66. The van der Waals surface area contributed by atoms with Crippen molar-refractivity contribution in [3.05, 3.63) is 35.6 Å². The van der Waals surface area contributed by atoms with E-state index >= 15 is 0 Å². The molecule has 4 heteroatoms. The van der Waals surface area contributed by atoms with Gasteiger partial charge >= 0.3 is 0 Å². The summed E-state index contributed by atoms with van der Waals surface area (Å²) in [6, 6.07) is 5.95. The summed E-state index contributed by atoms with van der Waals surface area (Å²) in [7, 11) is 0. The van der Waals surface area contributed by atoms with Crippen LogP contribution in [0, 0.1) is 5.82 Å². The Morgan fingerprint density at radius 2 is 1.84 bits per heavy atom. The zero-order chi connectivity index (χ0) is 13.7. The topological polar surface area (TPSA) is 46.3 Å². The molecule has 1 amide bonds. The minimum Gasteiger partial charge on any atom is -0.341 e. The van der Waals surface area contributed by atoms with Crippen molar-refractivity contribution in [2.75, 3.05) is 13.1 Å². The van der Waals surface area contributed by atoms with E-state index in [0.717, 1.165) is 31.4 Å². The van der Waals surface area contributed by atoms with Crippen LogP contribution in [0.15, 0.2) is 24.3 Å². The standard InChI is InChI=1S/C15H21FN2O/c16-13-8-6-12(7-9-13)14(17)11-18-10-4-2-1-3-5-15(18)19/h6-9,14H,1-5,10-11,17H2. The number of carbonyl (C=O) groups excluding carboxylic acids is 1. The van der Waals surface area contributed by atoms with Crippen molar-refractivity contribution in [3.8, 4) is 0 Å². The molecule has 1 unspecified atom stereocenters. The van der Waals surface area contributed by atoms with Gasteiger partial charge in [-0.25, -0.2) is 4.39 Å². The Balaban J connectivity index is 1.97. The summed E-state index contributed by atoms with van der Waals surface area (Å²) < 4.78 is 12.9. The number of nitrogens with zero attached hydrogens (tertiary/aromatic N) is 1. The van der Waals surface area contributed by atoms with Crippen LogP contribution in [0.4, 0.5) is 4.39 Å². The number of likely N-dealkylation sites (tertiary alicyclic amines) is 1. The van der Waals surface area contributed by atoms with E-state index in [9.17, 15) is 9.18 Å². The smallest absolute Gasteiger partial charge is 0.222 e. The van der Waals surface area contributed by atoms with Gasteiger partial charge in [0.25, 0.3) is 0 Å². The molecule has 1 heterocycles. The maximum Gasteiger partial charge on any atom is 0.222 e. The first-order chi connectivity index (χ1) is 9.16. The predicted octanol–water partition coefficient (Wildman–Crippen LogP) is 2.62. The molecular formula is C15H21FN2O. The van der Waals surface area contributed by atoms with Gasteiger partial charge in [0, 0.05) is 25.6 Å². The summed E-state index contributed by atoms with van der Waals surface area (Å²) in [5.74, 6) is -0.0736. The first-order valence-electron chi connectivity index (χ1n) is 6.95. The second-order valence-electron chi connectivity index (χ2n) is 5.16. The van der Waals surface area contributed by atoms with E-state index in [1.165, 1.54) is 18.6 Å². The summed E-state index contributed by atoms with van der Waals surface area (Å²) in [6.07, 6.45) is 4.96. The van der Waals surface area contributed by atoms with E-state index in [4.69, 9.17) is 5.73 Å². The van der Waals surface area contributed by atoms with Crippen molar-refractivity contribution in [2.45, 2.75) is 38.1 Å². The number of carbonyl (C=O) groups is 1. The molecule has 0 aromatic heterocycles. The molecule has 0 saturated carbocycles. The van der Waals surface area contributed by atoms with Crippen molar-refractivity contribution >= 4 is 5.91 Å². The van der Waals surface area contributed by atoms with Gasteiger partial charge in [-0.1, -0.05) is 25.0 Å². The molecule has 3 nitrogen and oxygen atoms in total. The fourth-order valence-electron chi connectivity index (χ4n) is 2.46. The van der Waals surface area contributed by atoms with Crippen molar-refractivity contribution in [1.29, 1.82) is 0 Å². The van der Waals surface area contributed by atoms with Gasteiger partial charge in [-0.15, -0.1) is 0 Å². The molecular weight excluding hydrogens is 243 g/mol. The number of hydrogen-bond donors (Lipinski definition) is 1. The third-order valence-electron chi connectivity index (χ3n) is 3.64. The fraction of sp³-hybridized carbons (Fsp3) is 0.533. The van der Waals surface area contributed by atoms with E-state index < -0.39 is 0 Å². The molecule has 2 N–H and O–H groups in total. The van der Waals surface area contributed by atoms with Crippen LogP contribution in [0.3, 0.4) is 0 Å². The van der Waals surface area contributed by atoms with Gasteiger partial charge in [0.05, 0.1) is 0 Å². The Kier molecular flexibility index (Phi) is 4.91. The van der Waals surface area contributed by atoms with Gasteiger partial charge in [-0.05, 0) is 30.5 Å². The van der Waals surface area contributed by atoms with E-state index in [0.29, 0.717) is 13.0 Å². The molecule has 1 atom stereocenters. The number of hydrogen-bond acceptors (Lipinski definition) is 2. The van der Waals surface area contributed by atoms with Crippen LogP contribution in [0.5, 0.6) is 0 Å². The lowest BCUT2D eigenvalue weighted by Crippen LogP contribution is -2.38. The SMILES string of the molecule is NC(CN1CCCCCCC1=O)c1ccc(F)cc1. The molecule has 104 valence electrons. The molecule has 0 radical (unpaired) electrons. The van der Waals surface area contributed by atoms with Gasteiger partial charge in [-0.2, -0.15) is 0 Å². The molecule has 1 aromatic rings. The molecule has 1 saturated heterocycles. The van der Waals surface area contributed by atoms with Gasteiger partial charge in [0.2, 0.25) is 5.91 Å². The van der Waals surface area contributed by atoms with Crippen LogP contribution < -0.4 is 5.73 Å². The Morgan fingerprint density at radius 3 is 2.58 bits per heavy atom. The normalized spacial score (nSPS) is 18.8. The largest absolute Gasteiger partial charge is 0.341 e. The minimum atomic E-state index is -0.265.